The zero-order valence-electron chi connectivity index (χ0n) is 13.0. The maximum Gasteiger partial charge on any atom is 0.276 e. The summed E-state index contributed by atoms with van der Waals surface area (Å²) in [7, 11) is 0. The average Bonchev–Trinajstić information content (AvgIpc) is 3.07. The van der Waals surface area contributed by atoms with Gasteiger partial charge < -0.3 is 4.90 Å². The van der Waals surface area contributed by atoms with E-state index in [9.17, 15) is 4.79 Å². The third kappa shape index (κ3) is 3.03. The van der Waals surface area contributed by atoms with Crippen molar-refractivity contribution in [1.82, 2.24) is 19.9 Å². The number of rotatable bonds is 4. The molecule has 1 aromatic carbocycles. The van der Waals surface area contributed by atoms with Crippen molar-refractivity contribution in [2.24, 2.45) is 0 Å². The lowest BCUT2D eigenvalue weighted by atomic mass is 9.94. The number of aromatic nitrogens is 3. The normalized spacial score (nSPS) is 15.7. The molecule has 0 spiro atoms. The van der Waals surface area contributed by atoms with Crippen molar-refractivity contribution in [3.05, 3.63) is 42.2 Å². The highest BCUT2D eigenvalue weighted by atomic mass is 16.2. The summed E-state index contributed by atoms with van der Waals surface area (Å²) in [6, 6.07) is 10.0. The minimum Gasteiger partial charge on any atom is -0.334 e. The summed E-state index contributed by atoms with van der Waals surface area (Å²) in [5.41, 5.74) is 1.29. The van der Waals surface area contributed by atoms with Crippen molar-refractivity contribution >= 4 is 5.91 Å². The summed E-state index contributed by atoms with van der Waals surface area (Å²) < 4.78 is 0. The molecule has 1 fully saturated rings. The molecule has 2 aromatic rings. The minimum absolute atomic E-state index is 0.00317. The van der Waals surface area contributed by atoms with E-state index in [4.69, 9.17) is 0 Å². The lowest BCUT2D eigenvalue weighted by Gasteiger charge is -2.33. The molecule has 1 heterocycles. The fourth-order valence-corrected chi connectivity index (χ4v) is 3.15. The van der Waals surface area contributed by atoms with Crippen LogP contribution >= 0.6 is 0 Å². The van der Waals surface area contributed by atoms with Gasteiger partial charge in [0.1, 0.15) is 0 Å². The molecule has 0 atom stereocenters. The Labute approximate surface area is 130 Å². The van der Waals surface area contributed by atoms with Gasteiger partial charge in [0.2, 0.25) is 0 Å². The molecule has 0 N–H and O–H groups in total. The van der Waals surface area contributed by atoms with E-state index in [0.717, 1.165) is 25.1 Å². The van der Waals surface area contributed by atoms with Crippen molar-refractivity contribution in [1.29, 1.82) is 0 Å². The molecule has 5 nitrogen and oxygen atoms in total. The molecule has 1 aliphatic rings. The van der Waals surface area contributed by atoms with Crippen molar-refractivity contribution in [3.63, 3.8) is 0 Å². The molecule has 0 saturated heterocycles. The third-order valence-electron chi connectivity index (χ3n) is 4.32. The second kappa shape index (κ2) is 6.73. The minimum atomic E-state index is -0.00317. The number of amides is 1. The van der Waals surface area contributed by atoms with Gasteiger partial charge in [-0.05, 0) is 31.9 Å². The molecule has 1 aromatic heterocycles. The van der Waals surface area contributed by atoms with Gasteiger partial charge in [-0.15, -0.1) is 5.10 Å². The van der Waals surface area contributed by atoms with Gasteiger partial charge >= 0.3 is 0 Å². The van der Waals surface area contributed by atoms with Crippen molar-refractivity contribution in [2.75, 3.05) is 6.54 Å². The van der Waals surface area contributed by atoms with Crippen LogP contribution in [0.5, 0.6) is 0 Å². The van der Waals surface area contributed by atoms with E-state index in [-0.39, 0.29) is 5.91 Å². The first kappa shape index (κ1) is 14.8. The second-order valence-electron chi connectivity index (χ2n) is 5.74. The van der Waals surface area contributed by atoms with E-state index in [1.165, 1.54) is 24.1 Å². The molecule has 1 amide bonds. The molecule has 0 unspecified atom stereocenters. The number of carbonyl (C=O) groups is 1. The summed E-state index contributed by atoms with van der Waals surface area (Å²) in [5.74, 6) is -0.00317. The van der Waals surface area contributed by atoms with Crippen LogP contribution in [-0.4, -0.2) is 38.4 Å². The second-order valence-corrected chi connectivity index (χ2v) is 5.74. The van der Waals surface area contributed by atoms with Crippen LogP contribution in [0.3, 0.4) is 0 Å². The quantitative estimate of drug-likeness (QED) is 0.871. The first-order valence-corrected chi connectivity index (χ1v) is 8.08. The van der Waals surface area contributed by atoms with Gasteiger partial charge in [-0.1, -0.05) is 37.5 Å². The van der Waals surface area contributed by atoms with E-state index in [0.29, 0.717) is 11.7 Å². The standard InChI is InChI=1S/C17H22N4O/c1-2-20(14-9-5-3-6-10-14)17(22)16-13-18-21(19-16)15-11-7-4-8-12-15/h4,7-8,11-14H,2-3,5-6,9-10H2,1H3. The largest absolute Gasteiger partial charge is 0.334 e. The molecule has 3 rings (SSSR count). The Kier molecular flexibility index (Phi) is 4.51. The first-order valence-electron chi connectivity index (χ1n) is 8.08. The van der Waals surface area contributed by atoms with Crippen molar-refractivity contribution in [3.8, 4) is 5.69 Å². The van der Waals surface area contributed by atoms with Gasteiger partial charge in [0.05, 0.1) is 11.9 Å². The highest BCUT2D eigenvalue weighted by Crippen LogP contribution is 2.23. The maximum absolute atomic E-state index is 12.7. The zero-order valence-corrected chi connectivity index (χ0v) is 13.0. The Balaban J connectivity index is 1.78. The lowest BCUT2D eigenvalue weighted by molar-refractivity contribution is 0.0641. The molecule has 0 bridgehead atoms. The number of hydrogen-bond acceptors (Lipinski definition) is 3. The molecule has 0 radical (unpaired) electrons. The van der Waals surface area contributed by atoms with Gasteiger partial charge in [-0.25, -0.2) is 0 Å². The number of nitrogens with zero attached hydrogens (tertiary/aromatic N) is 4. The highest BCUT2D eigenvalue weighted by Gasteiger charge is 2.26. The predicted octanol–water partition coefficient (Wildman–Crippen LogP) is 3.06. The summed E-state index contributed by atoms with van der Waals surface area (Å²) in [6.07, 6.45) is 7.49. The maximum atomic E-state index is 12.7. The van der Waals surface area contributed by atoms with Gasteiger partial charge in [-0.2, -0.15) is 9.90 Å². The molecular weight excluding hydrogens is 276 g/mol. The average molecular weight is 298 g/mol. The molecule has 22 heavy (non-hydrogen) atoms. The molecular formula is C17H22N4O. The van der Waals surface area contributed by atoms with E-state index >= 15 is 0 Å². The Morgan fingerprint density at radius 3 is 2.64 bits per heavy atom. The Bertz CT molecular complexity index is 617. The van der Waals surface area contributed by atoms with Gasteiger partial charge in [0.25, 0.3) is 5.91 Å². The molecule has 1 aliphatic carbocycles. The van der Waals surface area contributed by atoms with Gasteiger partial charge in [0.15, 0.2) is 5.69 Å². The molecule has 5 heteroatoms. The summed E-state index contributed by atoms with van der Waals surface area (Å²) in [6.45, 7) is 2.76. The van der Waals surface area contributed by atoms with Crippen LogP contribution in [0.15, 0.2) is 36.5 Å². The summed E-state index contributed by atoms with van der Waals surface area (Å²) >= 11 is 0. The number of benzene rings is 1. The fourth-order valence-electron chi connectivity index (χ4n) is 3.15. The summed E-state index contributed by atoms with van der Waals surface area (Å²) in [4.78, 5) is 16.2. The Hall–Kier alpha value is -2.17. The third-order valence-corrected chi connectivity index (χ3v) is 4.32. The fraction of sp³-hybridized carbons (Fsp3) is 0.471. The molecule has 1 saturated carbocycles. The Morgan fingerprint density at radius 2 is 1.95 bits per heavy atom. The van der Waals surface area contributed by atoms with Crippen LogP contribution < -0.4 is 0 Å². The van der Waals surface area contributed by atoms with Crippen LogP contribution in [-0.2, 0) is 0 Å². The predicted molar refractivity (Wildman–Crippen MR) is 84.9 cm³/mol. The van der Waals surface area contributed by atoms with E-state index in [1.807, 2.05) is 42.2 Å². The summed E-state index contributed by atoms with van der Waals surface area (Å²) in [5, 5.41) is 8.59. The van der Waals surface area contributed by atoms with E-state index in [2.05, 4.69) is 10.2 Å². The van der Waals surface area contributed by atoms with E-state index < -0.39 is 0 Å². The number of carbonyl (C=O) groups excluding carboxylic acids is 1. The molecule has 0 aliphatic heterocycles. The SMILES string of the molecule is CCN(C(=O)c1cnn(-c2ccccc2)n1)C1CCCCC1. The smallest absolute Gasteiger partial charge is 0.276 e. The van der Waals surface area contributed by atoms with E-state index in [1.54, 1.807) is 6.20 Å². The van der Waals surface area contributed by atoms with Gasteiger partial charge in [-0.3, -0.25) is 4.79 Å². The zero-order chi connectivity index (χ0) is 15.4. The van der Waals surface area contributed by atoms with Crippen LogP contribution in [0.4, 0.5) is 0 Å². The Morgan fingerprint density at radius 1 is 1.23 bits per heavy atom. The number of para-hydroxylation sites is 1. The van der Waals surface area contributed by atoms with Gasteiger partial charge in [0, 0.05) is 12.6 Å². The topological polar surface area (TPSA) is 51.0 Å². The number of hydrogen-bond donors (Lipinski definition) is 0. The monoisotopic (exact) mass is 298 g/mol. The van der Waals surface area contributed by atoms with Crippen molar-refractivity contribution in [2.45, 2.75) is 45.1 Å². The lowest BCUT2D eigenvalue weighted by Crippen LogP contribution is -2.41. The van der Waals surface area contributed by atoms with Crippen LogP contribution in [0.1, 0.15) is 49.5 Å². The highest BCUT2D eigenvalue weighted by molar-refractivity contribution is 5.92. The first-order chi connectivity index (χ1) is 10.8. The van der Waals surface area contributed by atoms with Crippen LogP contribution in [0.25, 0.3) is 5.69 Å². The van der Waals surface area contributed by atoms with Crippen LogP contribution in [0, 0.1) is 0 Å². The molecule has 116 valence electrons. The van der Waals surface area contributed by atoms with Crippen LogP contribution in [0.2, 0.25) is 0 Å². The van der Waals surface area contributed by atoms with Crippen molar-refractivity contribution < 1.29 is 4.79 Å².